The van der Waals surface area contributed by atoms with Crippen molar-refractivity contribution in [3.05, 3.63) is 59.9 Å². The second kappa shape index (κ2) is 5.66. The Bertz CT molecular complexity index is 445. The van der Waals surface area contributed by atoms with E-state index in [9.17, 15) is 0 Å². The SMILES string of the molecule is BrCc1cccc(OCc2cccnc2)c1. The molecule has 0 radical (unpaired) electrons. The van der Waals surface area contributed by atoms with Crippen LogP contribution in [-0.2, 0) is 11.9 Å². The third-order valence-electron chi connectivity index (χ3n) is 2.18. The van der Waals surface area contributed by atoms with Gasteiger partial charge >= 0.3 is 0 Å². The molecule has 0 bridgehead atoms. The molecule has 2 rings (SSSR count). The molecule has 0 spiro atoms. The lowest BCUT2D eigenvalue weighted by Gasteiger charge is -2.06. The lowest BCUT2D eigenvalue weighted by Crippen LogP contribution is -1.95. The fourth-order valence-corrected chi connectivity index (χ4v) is 1.72. The maximum atomic E-state index is 5.67. The maximum Gasteiger partial charge on any atom is 0.120 e. The summed E-state index contributed by atoms with van der Waals surface area (Å²) in [6.07, 6.45) is 3.57. The van der Waals surface area contributed by atoms with E-state index in [2.05, 4.69) is 27.0 Å². The first-order chi connectivity index (χ1) is 7.88. The molecule has 1 aromatic heterocycles. The molecule has 0 aliphatic heterocycles. The Morgan fingerprint density at radius 2 is 2.00 bits per heavy atom. The van der Waals surface area contributed by atoms with Crippen LogP contribution in [0.3, 0.4) is 0 Å². The predicted molar refractivity (Wildman–Crippen MR) is 67.6 cm³/mol. The third kappa shape index (κ3) is 3.07. The number of benzene rings is 1. The van der Waals surface area contributed by atoms with Gasteiger partial charge in [0.25, 0.3) is 0 Å². The normalized spacial score (nSPS) is 10.1. The predicted octanol–water partition coefficient (Wildman–Crippen LogP) is 3.56. The molecule has 0 aliphatic rings. The van der Waals surface area contributed by atoms with E-state index in [0.717, 1.165) is 16.6 Å². The van der Waals surface area contributed by atoms with Gasteiger partial charge in [-0.1, -0.05) is 34.1 Å². The summed E-state index contributed by atoms with van der Waals surface area (Å²) in [5, 5.41) is 0.844. The topological polar surface area (TPSA) is 22.1 Å². The van der Waals surface area contributed by atoms with E-state index in [1.54, 1.807) is 6.20 Å². The zero-order chi connectivity index (χ0) is 11.2. The van der Waals surface area contributed by atoms with Crippen LogP contribution in [0.5, 0.6) is 5.75 Å². The zero-order valence-corrected chi connectivity index (χ0v) is 10.4. The van der Waals surface area contributed by atoms with Gasteiger partial charge in [0.15, 0.2) is 0 Å². The summed E-state index contributed by atoms with van der Waals surface area (Å²) in [4.78, 5) is 4.04. The van der Waals surface area contributed by atoms with Gasteiger partial charge in [0.1, 0.15) is 12.4 Å². The van der Waals surface area contributed by atoms with Gasteiger partial charge in [-0.25, -0.2) is 0 Å². The van der Waals surface area contributed by atoms with Crippen LogP contribution in [-0.4, -0.2) is 4.98 Å². The molecule has 0 aliphatic carbocycles. The van der Waals surface area contributed by atoms with Crippen LogP contribution in [0.4, 0.5) is 0 Å². The molecule has 0 unspecified atom stereocenters. The van der Waals surface area contributed by atoms with Gasteiger partial charge in [0.2, 0.25) is 0 Å². The molecular formula is C13H12BrNO. The lowest BCUT2D eigenvalue weighted by atomic mass is 10.2. The average Bonchev–Trinajstić information content (AvgIpc) is 2.38. The molecule has 2 aromatic rings. The van der Waals surface area contributed by atoms with Crippen molar-refractivity contribution in [2.24, 2.45) is 0 Å². The Kier molecular flexibility index (Phi) is 3.94. The van der Waals surface area contributed by atoms with Crippen LogP contribution >= 0.6 is 15.9 Å². The summed E-state index contributed by atoms with van der Waals surface area (Å²) in [6, 6.07) is 12.0. The molecular weight excluding hydrogens is 266 g/mol. The summed E-state index contributed by atoms with van der Waals surface area (Å²) in [6.45, 7) is 0.555. The molecule has 16 heavy (non-hydrogen) atoms. The highest BCUT2D eigenvalue weighted by molar-refractivity contribution is 9.08. The van der Waals surface area contributed by atoms with Crippen molar-refractivity contribution in [2.75, 3.05) is 0 Å². The first-order valence-corrected chi connectivity index (χ1v) is 6.17. The molecule has 1 heterocycles. The van der Waals surface area contributed by atoms with Gasteiger partial charge in [-0.2, -0.15) is 0 Å². The summed E-state index contributed by atoms with van der Waals surface area (Å²) < 4.78 is 5.67. The fourth-order valence-electron chi connectivity index (χ4n) is 1.37. The van der Waals surface area contributed by atoms with Gasteiger partial charge in [-0.15, -0.1) is 0 Å². The summed E-state index contributed by atoms with van der Waals surface area (Å²) >= 11 is 3.42. The maximum absolute atomic E-state index is 5.67. The monoisotopic (exact) mass is 277 g/mol. The zero-order valence-electron chi connectivity index (χ0n) is 8.77. The van der Waals surface area contributed by atoms with E-state index < -0.39 is 0 Å². The van der Waals surface area contributed by atoms with Crippen LogP contribution < -0.4 is 4.74 Å². The van der Waals surface area contributed by atoms with Crippen molar-refractivity contribution >= 4 is 15.9 Å². The minimum Gasteiger partial charge on any atom is -0.489 e. The average molecular weight is 278 g/mol. The second-order valence-electron chi connectivity index (χ2n) is 3.43. The highest BCUT2D eigenvalue weighted by Crippen LogP contribution is 2.16. The molecule has 1 aromatic carbocycles. The van der Waals surface area contributed by atoms with Crippen LogP contribution in [0.25, 0.3) is 0 Å². The summed E-state index contributed by atoms with van der Waals surface area (Å²) in [7, 11) is 0. The van der Waals surface area contributed by atoms with Crippen molar-refractivity contribution in [1.29, 1.82) is 0 Å². The molecule has 0 N–H and O–H groups in total. The van der Waals surface area contributed by atoms with Crippen LogP contribution in [0.2, 0.25) is 0 Å². The second-order valence-corrected chi connectivity index (χ2v) is 3.99. The summed E-state index contributed by atoms with van der Waals surface area (Å²) in [5.41, 5.74) is 2.29. The Morgan fingerprint density at radius 3 is 2.75 bits per heavy atom. The highest BCUT2D eigenvalue weighted by atomic mass is 79.9. The van der Waals surface area contributed by atoms with Gasteiger partial charge < -0.3 is 4.74 Å². The number of pyridine rings is 1. The van der Waals surface area contributed by atoms with Crippen LogP contribution in [0.15, 0.2) is 48.8 Å². The van der Waals surface area contributed by atoms with Gasteiger partial charge in [0.05, 0.1) is 0 Å². The quantitative estimate of drug-likeness (QED) is 0.798. The molecule has 0 saturated heterocycles. The van der Waals surface area contributed by atoms with Gasteiger partial charge in [-0.05, 0) is 23.8 Å². The van der Waals surface area contributed by atoms with Crippen molar-refractivity contribution in [3.63, 3.8) is 0 Å². The number of hydrogen-bond donors (Lipinski definition) is 0. The molecule has 0 amide bonds. The van der Waals surface area contributed by atoms with Crippen molar-refractivity contribution < 1.29 is 4.74 Å². The lowest BCUT2D eigenvalue weighted by molar-refractivity contribution is 0.305. The van der Waals surface area contributed by atoms with Crippen molar-refractivity contribution in [2.45, 2.75) is 11.9 Å². The molecule has 2 nitrogen and oxygen atoms in total. The third-order valence-corrected chi connectivity index (χ3v) is 2.83. The van der Waals surface area contributed by atoms with E-state index in [1.165, 1.54) is 5.56 Å². The highest BCUT2D eigenvalue weighted by Gasteiger charge is 1.97. The first kappa shape index (κ1) is 11.1. The number of aromatic nitrogens is 1. The molecule has 0 saturated carbocycles. The Balaban J connectivity index is 1.99. The Labute approximate surface area is 103 Å². The standard InChI is InChI=1S/C13H12BrNO/c14-8-11-3-1-5-13(7-11)16-10-12-4-2-6-15-9-12/h1-7,9H,8,10H2. The Hall–Kier alpha value is -1.35. The van der Waals surface area contributed by atoms with E-state index in [-0.39, 0.29) is 0 Å². The number of halogens is 1. The Morgan fingerprint density at radius 1 is 1.12 bits per heavy atom. The number of hydrogen-bond acceptors (Lipinski definition) is 2. The van der Waals surface area contributed by atoms with Gasteiger partial charge in [-0.3, -0.25) is 4.98 Å². The van der Waals surface area contributed by atoms with Crippen molar-refractivity contribution in [1.82, 2.24) is 4.98 Å². The van der Waals surface area contributed by atoms with Gasteiger partial charge in [0, 0.05) is 23.3 Å². The van der Waals surface area contributed by atoms with Crippen LogP contribution in [0, 0.1) is 0 Å². The largest absolute Gasteiger partial charge is 0.489 e. The molecule has 3 heteroatoms. The minimum atomic E-state index is 0.555. The number of nitrogens with zero attached hydrogens (tertiary/aromatic N) is 1. The summed E-state index contributed by atoms with van der Waals surface area (Å²) in [5.74, 6) is 0.890. The first-order valence-electron chi connectivity index (χ1n) is 5.05. The van der Waals surface area contributed by atoms with Crippen LogP contribution in [0.1, 0.15) is 11.1 Å². The molecule has 0 atom stereocenters. The number of ether oxygens (including phenoxy) is 1. The van der Waals surface area contributed by atoms with E-state index >= 15 is 0 Å². The van der Waals surface area contributed by atoms with E-state index in [4.69, 9.17) is 4.74 Å². The smallest absolute Gasteiger partial charge is 0.120 e. The fraction of sp³-hybridized carbons (Fsp3) is 0.154. The molecule has 82 valence electrons. The number of rotatable bonds is 4. The number of alkyl halides is 1. The van der Waals surface area contributed by atoms with E-state index in [0.29, 0.717) is 6.61 Å². The minimum absolute atomic E-state index is 0.555. The van der Waals surface area contributed by atoms with E-state index in [1.807, 2.05) is 36.5 Å². The van der Waals surface area contributed by atoms with Crippen molar-refractivity contribution in [3.8, 4) is 5.75 Å². The molecule has 0 fully saturated rings.